The maximum Gasteiger partial charge on any atom is 0.509 e. The van der Waals surface area contributed by atoms with Gasteiger partial charge in [-0.2, -0.15) is 0 Å². The summed E-state index contributed by atoms with van der Waals surface area (Å²) in [6.07, 6.45) is 4.32. The Balaban J connectivity index is 2.23. The molecule has 0 aromatic carbocycles. The van der Waals surface area contributed by atoms with Crippen molar-refractivity contribution in [2.75, 3.05) is 6.61 Å². The molecule has 1 aromatic heterocycles. The van der Waals surface area contributed by atoms with E-state index in [1.807, 2.05) is 6.07 Å². The highest BCUT2D eigenvalue weighted by molar-refractivity contribution is 5.60. The Morgan fingerprint density at radius 2 is 2.25 bits per heavy atom. The molecule has 0 N–H and O–H groups in total. The molecule has 0 amide bonds. The standard InChI is InChI=1S/C12H16O4/c1-12(2,3)16-11(13)15-9-5-7-10-6-4-8-14-10/h4-8H,9H2,1-3H3/b7-5+. The van der Waals surface area contributed by atoms with Gasteiger partial charge in [-0.3, -0.25) is 0 Å². The topological polar surface area (TPSA) is 48.7 Å². The second kappa shape index (κ2) is 5.39. The molecule has 0 fully saturated rings. The third-order valence-electron chi connectivity index (χ3n) is 1.51. The van der Waals surface area contributed by atoms with Crippen LogP contribution in [0.2, 0.25) is 0 Å². The maximum atomic E-state index is 11.1. The van der Waals surface area contributed by atoms with Crippen molar-refractivity contribution in [2.45, 2.75) is 26.4 Å². The summed E-state index contributed by atoms with van der Waals surface area (Å²) in [5.74, 6) is 0.716. The van der Waals surface area contributed by atoms with Gasteiger partial charge in [-0.1, -0.05) is 0 Å². The molecule has 0 saturated heterocycles. The Bertz CT molecular complexity index is 344. The van der Waals surface area contributed by atoms with Gasteiger partial charge in [0.1, 0.15) is 18.0 Å². The van der Waals surface area contributed by atoms with Crippen molar-refractivity contribution in [1.82, 2.24) is 0 Å². The van der Waals surface area contributed by atoms with E-state index >= 15 is 0 Å². The van der Waals surface area contributed by atoms with Crippen LogP contribution in [0.25, 0.3) is 6.08 Å². The summed E-state index contributed by atoms with van der Waals surface area (Å²) in [6.45, 7) is 5.52. The van der Waals surface area contributed by atoms with Crippen LogP contribution < -0.4 is 0 Å². The van der Waals surface area contributed by atoms with Gasteiger partial charge in [-0.25, -0.2) is 4.79 Å². The number of ether oxygens (including phenoxy) is 2. The zero-order chi connectivity index (χ0) is 12.0. The van der Waals surface area contributed by atoms with E-state index in [0.717, 1.165) is 0 Å². The van der Waals surface area contributed by atoms with Crippen LogP contribution in [0.4, 0.5) is 4.79 Å². The SMILES string of the molecule is CC(C)(C)OC(=O)OC/C=C/c1ccco1. The van der Waals surface area contributed by atoms with E-state index in [-0.39, 0.29) is 6.61 Å². The van der Waals surface area contributed by atoms with Gasteiger partial charge < -0.3 is 13.9 Å². The predicted octanol–water partition coefficient (Wildman–Crippen LogP) is 3.24. The zero-order valence-electron chi connectivity index (χ0n) is 9.73. The van der Waals surface area contributed by atoms with E-state index in [4.69, 9.17) is 13.9 Å². The zero-order valence-corrected chi connectivity index (χ0v) is 9.73. The molecule has 0 atom stereocenters. The van der Waals surface area contributed by atoms with Crippen molar-refractivity contribution in [3.63, 3.8) is 0 Å². The number of hydrogen-bond acceptors (Lipinski definition) is 4. The van der Waals surface area contributed by atoms with Crippen LogP contribution in [0.5, 0.6) is 0 Å². The summed E-state index contributed by atoms with van der Waals surface area (Å²) in [5, 5.41) is 0. The minimum absolute atomic E-state index is 0.162. The van der Waals surface area contributed by atoms with E-state index in [1.54, 1.807) is 45.3 Å². The molecule has 0 aliphatic carbocycles. The molecular weight excluding hydrogens is 208 g/mol. The third kappa shape index (κ3) is 5.24. The fraction of sp³-hybridized carbons (Fsp3) is 0.417. The number of hydrogen-bond donors (Lipinski definition) is 0. The van der Waals surface area contributed by atoms with Gasteiger partial charge in [0.05, 0.1) is 6.26 Å². The predicted molar refractivity (Wildman–Crippen MR) is 59.9 cm³/mol. The van der Waals surface area contributed by atoms with Gasteiger partial charge in [0, 0.05) is 0 Å². The molecule has 1 rings (SSSR count). The first kappa shape index (κ1) is 12.4. The van der Waals surface area contributed by atoms with Gasteiger partial charge in [0.25, 0.3) is 0 Å². The number of carbonyl (C=O) groups is 1. The van der Waals surface area contributed by atoms with Crippen LogP contribution in [-0.4, -0.2) is 18.4 Å². The fourth-order valence-electron chi connectivity index (χ4n) is 0.946. The molecule has 0 bridgehead atoms. The number of furan rings is 1. The Labute approximate surface area is 94.8 Å². The van der Waals surface area contributed by atoms with E-state index < -0.39 is 11.8 Å². The first-order valence-corrected chi connectivity index (χ1v) is 5.03. The van der Waals surface area contributed by atoms with E-state index in [9.17, 15) is 4.79 Å². The molecule has 0 unspecified atom stereocenters. The highest BCUT2D eigenvalue weighted by Crippen LogP contribution is 2.08. The summed E-state index contributed by atoms with van der Waals surface area (Å²) in [6, 6.07) is 3.60. The Morgan fingerprint density at radius 3 is 2.81 bits per heavy atom. The molecule has 4 heteroatoms. The van der Waals surface area contributed by atoms with Crippen molar-refractivity contribution in [2.24, 2.45) is 0 Å². The monoisotopic (exact) mass is 224 g/mol. The van der Waals surface area contributed by atoms with Crippen LogP contribution in [0, 0.1) is 0 Å². The van der Waals surface area contributed by atoms with Crippen LogP contribution in [0.15, 0.2) is 28.9 Å². The second-order valence-corrected chi connectivity index (χ2v) is 4.19. The molecule has 0 saturated carbocycles. The molecule has 16 heavy (non-hydrogen) atoms. The molecule has 4 nitrogen and oxygen atoms in total. The van der Waals surface area contributed by atoms with Gasteiger partial charge >= 0.3 is 6.16 Å². The molecule has 88 valence electrons. The maximum absolute atomic E-state index is 11.1. The van der Waals surface area contributed by atoms with Gasteiger partial charge in [-0.15, -0.1) is 0 Å². The largest absolute Gasteiger partial charge is 0.509 e. The van der Waals surface area contributed by atoms with Gasteiger partial charge in [-0.05, 0) is 45.1 Å². The summed E-state index contributed by atoms with van der Waals surface area (Å²) >= 11 is 0. The highest BCUT2D eigenvalue weighted by atomic mass is 16.7. The molecule has 0 aliphatic rings. The van der Waals surface area contributed by atoms with Crippen molar-refractivity contribution in [3.05, 3.63) is 30.2 Å². The minimum Gasteiger partial charge on any atom is -0.465 e. The molecule has 0 spiro atoms. The van der Waals surface area contributed by atoms with Gasteiger partial charge in [0.15, 0.2) is 0 Å². The molecule has 0 aliphatic heterocycles. The van der Waals surface area contributed by atoms with Crippen LogP contribution in [-0.2, 0) is 9.47 Å². The molecule has 1 aromatic rings. The first-order valence-electron chi connectivity index (χ1n) is 5.03. The van der Waals surface area contributed by atoms with Crippen molar-refractivity contribution in [1.29, 1.82) is 0 Å². The lowest BCUT2D eigenvalue weighted by atomic mass is 10.2. The minimum atomic E-state index is -0.670. The van der Waals surface area contributed by atoms with Crippen molar-refractivity contribution in [3.8, 4) is 0 Å². The smallest absolute Gasteiger partial charge is 0.465 e. The first-order chi connectivity index (χ1) is 7.47. The lowest BCUT2D eigenvalue weighted by molar-refractivity contribution is -0.00235. The van der Waals surface area contributed by atoms with Crippen LogP contribution in [0.1, 0.15) is 26.5 Å². The van der Waals surface area contributed by atoms with E-state index in [0.29, 0.717) is 5.76 Å². The average Bonchev–Trinajstić information content (AvgIpc) is 2.62. The Morgan fingerprint density at radius 1 is 1.50 bits per heavy atom. The summed E-state index contributed by atoms with van der Waals surface area (Å²) in [4.78, 5) is 11.1. The summed E-state index contributed by atoms with van der Waals surface area (Å²) in [5.41, 5.74) is -0.526. The normalized spacial score (nSPS) is 11.7. The lowest BCUT2D eigenvalue weighted by Crippen LogP contribution is -2.24. The number of rotatable bonds is 3. The van der Waals surface area contributed by atoms with Crippen LogP contribution >= 0.6 is 0 Å². The third-order valence-corrected chi connectivity index (χ3v) is 1.51. The summed E-state index contributed by atoms with van der Waals surface area (Å²) in [7, 11) is 0. The number of carbonyl (C=O) groups excluding carboxylic acids is 1. The molecular formula is C12H16O4. The average molecular weight is 224 g/mol. The highest BCUT2D eigenvalue weighted by Gasteiger charge is 2.16. The Kier molecular flexibility index (Phi) is 4.17. The second-order valence-electron chi connectivity index (χ2n) is 4.19. The van der Waals surface area contributed by atoms with E-state index in [2.05, 4.69) is 0 Å². The summed E-state index contributed by atoms with van der Waals surface area (Å²) < 4.78 is 14.8. The van der Waals surface area contributed by atoms with Gasteiger partial charge in [0.2, 0.25) is 0 Å². The van der Waals surface area contributed by atoms with Crippen LogP contribution in [0.3, 0.4) is 0 Å². The lowest BCUT2D eigenvalue weighted by Gasteiger charge is -2.18. The van der Waals surface area contributed by atoms with Crippen molar-refractivity contribution >= 4 is 12.2 Å². The molecule has 1 heterocycles. The molecule has 0 radical (unpaired) electrons. The quantitative estimate of drug-likeness (QED) is 0.739. The van der Waals surface area contributed by atoms with Crippen molar-refractivity contribution < 1.29 is 18.7 Å². The van der Waals surface area contributed by atoms with E-state index in [1.165, 1.54) is 0 Å². The fourth-order valence-corrected chi connectivity index (χ4v) is 0.946. The Hall–Kier alpha value is -1.71.